The van der Waals surface area contributed by atoms with Gasteiger partial charge in [-0.05, 0) is 49.9 Å². The Morgan fingerprint density at radius 3 is 0.727 bits per heavy atom. The maximum Gasteiger partial charge on any atom is 0.679 e. The molecule has 4 nitrogen and oxygen atoms in total. The largest absolute Gasteiger partial charge is 0.679 e. The molecule has 0 aliphatic rings. The number of hydrogen-bond acceptors (Lipinski definition) is 4. The summed E-state index contributed by atoms with van der Waals surface area (Å²) in [5, 5.41) is 0. The van der Waals surface area contributed by atoms with Crippen LogP contribution in [-0.2, 0) is 17.7 Å². The Bertz CT molecular complexity index is 427. The van der Waals surface area contributed by atoms with Gasteiger partial charge in [-0.2, -0.15) is 44.3 Å². The van der Waals surface area contributed by atoms with Crippen LogP contribution in [0.4, 0.5) is 0 Å². The lowest BCUT2D eigenvalue weighted by Gasteiger charge is -2.29. The highest BCUT2D eigenvalue weighted by Crippen LogP contribution is 2.23. The Kier molecular flexibility index (Phi) is 17.2. The summed E-state index contributed by atoms with van der Waals surface area (Å²) >= 11 is 26.0. The van der Waals surface area contributed by atoms with Crippen molar-refractivity contribution < 1.29 is 17.7 Å². The van der Waals surface area contributed by atoms with Gasteiger partial charge in [0.15, 0.2) is 29.5 Å². The molecule has 0 aliphatic heterocycles. The third-order valence-electron chi connectivity index (χ3n) is 4.78. The molecule has 0 rings (SSSR count). The molecule has 0 aromatic carbocycles. The van der Waals surface area contributed by atoms with E-state index in [0.29, 0.717) is 26.4 Å². The molecule has 0 heterocycles. The van der Waals surface area contributed by atoms with Crippen molar-refractivity contribution in [2.45, 2.75) is 102 Å². The first kappa shape index (κ1) is 35.1. The molecule has 0 spiro atoms. The summed E-state index contributed by atoms with van der Waals surface area (Å²) in [5.74, 6) is 0. The Balaban J connectivity index is 5.17. The van der Waals surface area contributed by atoms with Gasteiger partial charge in [0.1, 0.15) is 0 Å². The Morgan fingerprint density at radius 2 is 0.576 bits per heavy atom. The molecule has 0 amide bonds. The third-order valence-corrected chi connectivity index (χ3v) is 15.4. The summed E-state index contributed by atoms with van der Waals surface area (Å²) in [6.07, 6.45) is 3.49. The zero-order valence-electron chi connectivity index (χ0n) is 22.1. The molecule has 13 heteroatoms. The molecule has 0 N–H and O–H groups in total. The smallest absolute Gasteiger partial charge is 0.351 e. The van der Waals surface area contributed by atoms with Crippen LogP contribution in [0.2, 0.25) is 76.6 Å². The first-order chi connectivity index (χ1) is 14.8. The van der Waals surface area contributed by atoms with Gasteiger partial charge in [0.05, 0.1) is 0 Å². The Labute approximate surface area is 228 Å². The maximum atomic E-state index is 6.49. The summed E-state index contributed by atoms with van der Waals surface area (Å²) in [7, 11) is -9.91. The predicted molar refractivity (Wildman–Crippen MR) is 161 cm³/mol. The molecule has 0 atom stereocenters. The van der Waals surface area contributed by atoms with Gasteiger partial charge in [-0.3, -0.25) is 0 Å². The van der Waals surface area contributed by atoms with E-state index in [0.717, 1.165) is 49.9 Å². The molecular formula is C20H48Cl4O4Si5. The van der Waals surface area contributed by atoms with E-state index in [2.05, 4.69) is 52.4 Å². The monoisotopic (exact) mass is 632 g/mol. The normalized spacial score (nSPS) is 14.2. The second-order valence-electron chi connectivity index (χ2n) is 11.2. The molecule has 0 saturated heterocycles. The molecule has 0 aliphatic carbocycles. The zero-order valence-corrected chi connectivity index (χ0v) is 30.2. The van der Waals surface area contributed by atoms with Crippen molar-refractivity contribution in [2.75, 3.05) is 26.4 Å². The van der Waals surface area contributed by atoms with E-state index in [1.54, 1.807) is 0 Å². The van der Waals surface area contributed by atoms with Crippen LogP contribution in [0.15, 0.2) is 0 Å². The number of rotatable bonds is 20. The van der Waals surface area contributed by atoms with Gasteiger partial charge in [0.25, 0.3) is 0 Å². The van der Waals surface area contributed by atoms with Crippen LogP contribution in [0.5, 0.6) is 0 Å². The molecule has 0 aromatic heterocycles. The number of halogens is 4. The SMILES string of the molecule is C[Si](C)(Cl)CCCO[Si](OCCC[Si](C)(C)Cl)(OCCC[Si](C)(C)Cl)OCCC[Si](C)(C)Cl. The molecule has 0 fully saturated rings. The lowest BCUT2D eigenvalue weighted by Crippen LogP contribution is -2.50. The molecule has 0 aromatic rings. The second-order valence-corrected chi connectivity index (χ2v) is 41.4. The minimum Gasteiger partial charge on any atom is -0.351 e. The Hall–Kier alpha value is 2.08. The van der Waals surface area contributed by atoms with Crippen LogP contribution < -0.4 is 0 Å². The van der Waals surface area contributed by atoms with Crippen molar-refractivity contribution in [2.24, 2.45) is 0 Å². The summed E-state index contributed by atoms with van der Waals surface area (Å²) in [4.78, 5) is 0. The highest BCUT2D eigenvalue weighted by molar-refractivity contribution is 7.20. The summed E-state index contributed by atoms with van der Waals surface area (Å²) in [5.41, 5.74) is 0. The minimum absolute atomic E-state index is 0.524. The van der Waals surface area contributed by atoms with Gasteiger partial charge in [-0.25, -0.2) is 0 Å². The predicted octanol–water partition coefficient (Wildman–Crippen LogP) is 8.82. The van der Waals surface area contributed by atoms with Crippen molar-refractivity contribution in [1.82, 2.24) is 0 Å². The minimum atomic E-state index is -3.29. The van der Waals surface area contributed by atoms with Gasteiger partial charge in [0.2, 0.25) is 0 Å². The van der Waals surface area contributed by atoms with Crippen LogP contribution in [-0.4, -0.2) is 65.0 Å². The van der Waals surface area contributed by atoms with Crippen molar-refractivity contribution >= 4 is 82.9 Å². The van der Waals surface area contributed by atoms with Gasteiger partial charge in [0, 0.05) is 26.4 Å². The van der Waals surface area contributed by atoms with Crippen LogP contribution in [0, 0.1) is 0 Å². The van der Waals surface area contributed by atoms with E-state index in [-0.39, 0.29) is 0 Å². The fraction of sp³-hybridized carbons (Fsp3) is 1.00. The molecule has 0 bridgehead atoms. The molecule has 0 saturated carbocycles. The van der Waals surface area contributed by atoms with Gasteiger partial charge >= 0.3 is 9.05 Å². The standard InChI is InChI=1S/C20H48Cl4O4Si5/c1-29(2,21)17-9-13-25-33(26-14-10-18-30(3,4)22,27-15-11-19-31(5,6)23)28-16-12-20-32(7,8)24/h9-20H2,1-8H3. The average Bonchev–Trinajstić information content (AvgIpc) is 2.60. The van der Waals surface area contributed by atoms with Crippen LogP contribution in [0.1, 0.15) is 25.7 Å². The maximum absolute atomic E-state index is 6.49. The van der Waals surface area contributed by atoms with E-state index in [4.69, 9.17) is 62.0 Å². The van der Waals surface area contributed by atoms with Gasteiger partial charge in [-0.15, -0.1) is 0 Å². The van der Waals surface area contributed by atoms with Crippen molar-refractivity contribution in [3.05, 3.63) is 0 Å². The summed E-state index contributed by atoms with van der Waals surface area (Å²) in [6, 6.07) is 3.90. The zero-order chi connectivity index (χ0) is 25.8. The molecular weight excluding hydrogens is 586 g/mol. The van der Waals surface area contributed by atoms with E-state index in [9.17, 15) is 0 Å². The van der Waals surface area contributed by atoms with E-state index in [1.165, 1.54) is 0 Å². The topological polar surface area (TPSA) is 36.9 Å². The van der Waals surface area contributed by atoms with Gasteiger partial charge < -0.3 is 17.7 Å². The molecule has 0 radical (unpaired) electrons. The summed E-state index contributed by atoms with van der Waals surface area (Å²) in [6.45, 7) is 19.3. The van der Waals surface area contributed by atoms with Crippen molar-refractivity contribution in [3.63, 3.8) is 0 Å². The fourth-order valence-corrected chi connectivity index (χ4v) is 10.6. The lowest BCUT2D eigenvalue weighted by molar-refractivity contribution is -0.0347. The van der Waals surface area contributed by atoms with Crippen molar-refractivity contribution in [1.29, 1.82) is 0 Å². The Morgan fingerprint density at radius 1 is 0.394 bits per heavy atom. The fourth-order valence-electron chi connectivity index (χ4n) is 3.01. The first-order valence-corrected chi connectivity index (χ1v) is 30.7. The molecule has 0 unspecified atom stereocenters. The quantitative estimate of drug-likeness (QED) is 0.0762. The van der Waals surface area contributed by atoms with Crippen LogP contribution in [0.3, 0.4) is 0 Å². The number of hydrogen-bond donors (Lipinski definition) is 0. The van der Waals surface area contributed by atoms with Crippen molar-refractivity contribution in [3.8, 4) is 0 Å². The second kappa shape index (κ2) is 16.1. The average molecular weight is 635 g/mol. The third kappa shape index (κ3) is 24.2. The van der Waals surface area contributed by atoms with Crippen LogP contribution >= 0.6 is 44.3 Å². The lowest BCUT2D eigenvalue weighted by atomic mass is 10.5. The molecule has 33 heavy (non-hydrogen) atoms. The first-order valence-electron chi connectivity index (χ1n) is 12.1. The highest BCUT2D eigenvalue weighted by Gasteiger charge is 2.46. The van der Waals surface area contributed by atoms with E-state index < -0.39 is 38.6 Å². The summed E-state index contributed by atoms with van der Waals surface area (Å²) < 4.78 is 25.2. The molecule has 200 valence electrons. The van der Waals surface area contributed by atoms with E-state index >= 15 is 0 Å². The van der Waals surface area contributed by atoms with Gasteiger partial charge in [-0.1, -0.05) is 52.4 Å². The van der Waals surface area contributed by atoms with Crippen LogP contribution in [0.25, 0.3) is 0 Å². The highest BCUT2D eigenvalue weighted by atomic mass is 35.6. The van der Waals surface area contributed by atoms with E-state index in [1.807, 2.05) is 0 Å².